The van der Waals surface area contributed by atoms with Gasteiger partial charge in [-0.1, -0.05) is 48.5 Å². The maximum atomic E-state index is 5.93. The van der Waals surface area contributed by atoms with E-state index in [0.29, 0.717) is 24.7 Å². The number of nitrogens with zero attached hydrogens (tertiary/aromatic N) is 5. The molecule has 33 heavy (non-hydrogen) atoms. The van der Waals surface area contributed by atoms with Crippen LogP contribution >= 0.6 is 0 Å². The summed E-state index contributed by atoms with van der Waals surface area (Å²) in [5.74, 6) is 1.28. The van der Waals surface area contributed by atoms with Crippen molar-refractivity contribution < 1.29 is 4.42 Å². The zero-order valence-corrected chi connectivity index (χ0v) is 19.1. The molecule has 0 saturated heterocycles. The lowest BCUT2D eigenvalue weighted by molar-refractivity contribution is 0.226. The third-order valence-electron chi connectivity index (χ3n) is 6.26. The van der Waals surface area contributed by atoms with E-state index in [1.807, 2.05) is 36.7 Å². The minimum atomic E-state index is 0.199. The Morgan fingerprint density at radius 1 is 0.909 bits per heavy atom. The predicted molar refractivity (Wildman–Crippen MR) is 129 cm³/mol. The van der Waals surface area contributed by atoms with Gasteiger partial charge in [0, 0.05) is 11.7 Å². The quantitative estimate of drug-likeness (QED) is 0.336. The smallest absolute Gasteiger partial charge is 0.230 e. The van der Waals surface area contributed by atoms with Crippen molar-refractivity contribution in [2.24, 2.45) is 0 Å². The highest BCUT2D eigenvalue weighted by atomic mass is 16.4. The van der Waals surface area contributed by atoms with Crippen LogP contribution in [0, 0.1) is 6.92 Å². The van der Waals surface area contributed by atoms with Crippen molar-refractivity contribution in [1.29, 1.82) is 0 Å². The lowest BCUT2D eigenvalue weighted by Crippen LogP contribution is -2.22. The van der Waals surface area contributed by atoms with Crippen molar-refractivity contribution in [3.05, 3.63) is 108 Å². The average molecular weight is 438 g/mol. The molecule has 0 fully saturated rings. The molecule has 0 N–H and O–H groups in total. The third kappa shape index (κ3) is 4.43. The van der Waals surface area contributed by atoms with Crippen molar-refractivity contribution in [2.45, 2.75) is 32.9 Å². The number of fused-ring (bicyclic) bond motifs is 1. The molecule has 0 radical (unpaired) electrons. The van der Waals surface area contributed by atoms with Gasteiger partial charge >= 0.3 is 0 Å². The second-order valence-electron chi connectivity index (χ2n) is 8.48. The monoisotopic (exact) mass is 437 g/mol. The molecule has 0 saturated carbocycles. The number of imidazole rings is 1. The van der Waals surface area contributed by atoms with Gasteiger partial charge in [0.1, 0.15) is 6.33 Å². The average Bonchev–Trinajstić information content (AvgIpc) is 3.47. The Hall–Kier alpha value is -3.77. The minimum Gasteiger partial charge on any atom is -0.424 e. The molecule has 166 valence electrons. The third-order valence-corrected chi connectivity index (χ3v) is 6.26. The van der Waals surface area contributed by atoms with Gasteiger partial charge in [0.25, 0.3) is 0 Å². The highest BCUT2D eigenvalue weighted by molar-refractivity contribution is 5.77. The van der Waals surface area contributed by atoms with Crippen molar-refractivity contribution >= 4 is 11.0 Å². The largest absolute Gasteiger partial charge is 0.424 e. The number of hydrogen-bond acceptors (Lipinski definition) is 5. The van der Waals surface area contributed by atoms with Crippen LogP contribution in [0.1, 0.15) is 41.4 Å². The van der Waals surface area contributed by atoms with Crippen LogP contribution in [0.25, 0.3) is 16.7 Å². The van der Waals surface area contributed by atoms with E-state index in [0.717, 1.165) is 16.7 Å². The van der Waals surface area contributed by atoms with Crippen LogP contribution in [0.2, 0.25) is 0 Å². The minimum absolute atomic E-state index is 0.199. The topological polar surface area (TPSA) is 60.0 Å². The van der Waals surface area contributed by atoms with Gasteiger partial charge in [-0.3, -0.25) is 9.47 Å². The summed E-state index contributed by atoms with van der Waals surface area (Å²) in [6.45, 7) is 4.88. The summed E-state index contributed by atoms with van der Waals surface area (Å²) in [5, 5.41) is 8.52. The zero-order chi connectivity index (χ0) is 22.8. The summed E-state index contributed by atoms with van der Waals surface area (Å²) in [4.78, 5) is 6.71. The van der Waals surface area contributed by atoms with Crippen LogP contribution in [-0.4, -0.2) is 31.7 Å². The van der Waals surface area contributed by atoms with Gasteiger partial charge in [0.2, 0.25) is 11.8 Å². The first-order valence-corrected chi connectivity index (χ1v) is 11.2. The van der Waals surface area contributed by atoms with E-state index in [-0.39, 0.29) is 6.04 Å². The molecule has 6 nitrogen and oxygen atoms in total. The molecule has 5 rings (SSSR count). The number of aryl methyl sites for hydroxylation is 1. The van der Waals surface area contributed by atoms with Crippen LogP contribution in [0.4, 0.5) is 0 Å². The van der Waals surface area contributed by atoms with Crippen LogP contribution in [-0.2, 0) is 13.0 Å². The Morgan fingerprint density at radius 2 is 1.64 bits per heavy atom. The first-order chi connectivity index (χ1) is 16.1. The van der Waals surface area contributed by atoms with E-state index in [2.05, 4.69) is 88.0 Å². The number of rotatable bonds is 7. The second kappa shape index (κ2) is 9.00. The molecule has 0 bridgehead atoms. The van der Waals surface area contributed by atoms with Crippen molar-refractivity contribution in [1.82, 2.24) is 24.6 Å². The number of para-hydroxylation sites is 2. The Balaban J connectivity index is 1.26. The first-order valence-electron chi connectivity index (χ1n) is 11.2. The molecule has 0 aliphatic heterocycles. The van der Waals surface area contributed by atoms with Gasteiger partial charge < -0.3 is 4.42 Å². The fourth-order valence-corrected chi connectivity index (χ4v) is 4.08. The van der Waals surface area contributed by atoms with Crippen LogP contribution < -0.4 is 0 Å². The summed E-state index contributed by atoms with van der Waals surface area (Å²) in [6, 6.07) is 25.3. The van der Waals surface area contributed by atoms with E-state index >= 15 is 0 Å². The summed E-state index contributed by atoms with van der Waals surface area (Å²) < 4.78 is 8.05. The highest BCUT2D eigenvalue weighted by Crippen LogP contribution is 2.24. The SMILES string of the molecule is Cc1ccccc1Cc1nnc(CN(C)C(C)c2ccc(-n3cnc4ccccc43)cc2)o1. The summed E-state index contributed by atoms with van der Waals surface area (Å²) in [5.41, 5.74) is 6.87. The molecule has 1 unspecified atom stereocenters. The van der Waals surface area contributed by atoms with Crippen LogP contribution in [0.5, 0.6) is 0 Å². The van der Waals surface area contributed by atoms with Gasteiger partial charge in [-0.15, -0.1) is 10.2 Å². The van der Waals surface area contributed by atoms with Gasteiger partial charge in [-0.2, -0.15) is 0 Å². The maximum Gasteiger partial charge on any atom is 0.230 e. The van der Waals surface area contributed by atoms with E-state index in [1.54, 1.807) is 0 Å². The van der Waals surface area contributed by atoms with Crippen molar-refractivity contribution in [3.8, 4) is 5.69 Å². The molecule has 2 heterocycles. The number of aromatic nitrogens is 4. The second-order valence-corrected chi connectivity index (χ2v) is 8.48. The van der Waals surface area contributed by atoms with Crippen molar-refractivity contribution in [2.75, 3.05) is 7.05 Å². The molecule has 3 aromatic carbocycles. The van der Waals surface area contributed by atoms with E-state index in [9.17, 15) is 0 Å². The number of benzene rings is 3. The fourth-order valence-electron chi connectivity index (χ4n) is 4.08. The van der Waals surface area contributed by atoms with E-state index in [4.69, 9.17) is 4.42 Å². The molecular weight excluding hydrogens is 410 g/mol. The highest BCUT2D eigenvalue weighted by Gasteiger charge is 2.16. The summed E-state index contributed by atoms with van der Waals surface area (Å²) >= 11 is 0. The molecule has 2 aromatic heterocycles. The summed E-state index contributed by atoms with van der Waals surface area (Å²) in [6.07, 6.45) is 2.53. The fraction of sp³-hybridized carbons (Fsp3) is 0.222. The Bertz CT molecular complexity index is 1370. The predicted octanol–water partition coefficient (Wildman–Crippen LogP) is 5.50. The molecular formula is C27H27N5O. The lowest BCUT2D eigenvalue weighted by Gasteiger charge is -2.23. The standard InChI is InChI=1S/C27H27N5O/c1-19-8-4-5-9-22(19)16-26-29-30-27(33-26)17-31(3)20(2)21-12-14-23(15-13-21)32-18-28-24-10-6-7-11-25(24)32/h4-15,18,20H,16-17H2,1-3H3. The first kappa shape index (κ1) is 21.1. The van der Waals surface area contributed by atoms with Crippen LogP contribution in [0.3, 0.4) is 0 Å². The van der Waals surface area contributed by atoms with E-state index in [1.165, 1.54) is 16.7 Å². The molecule has 0 spiro atoms. The lowest BCUT2D eigenvalue weighted by atomic mass is 10.1. The molecule has 0 aliphatic rings. The molecule has 0 aliphatic carbocycles. The maximum absolute atomic E-state index is 5.93. The van der Waals surface area contributed by atoms with Crippen LogP contribution in [0.15, 0.2) is 83.5 Å². The van der Waals surface area contributed by atoms with Gasteiger partial charge in [-0.25, -0.2) is 4.98 Å². The Kier molecular flexibility index (Phi) is 5.75. The zero-order valence-electron chi connectivity index (χ0n) is 19.1. The molecule has 6 heteroatoms. The van der Waals surface area contributed by atoms with Gasteiger partial charge in [0.05, 0.1) is 24.0 Å². The number of hydrogen-bond donors (Lipinski definition) is 0. The van der Waals surface area contributed by atoms with Crippen molar-refractivity contribution in [3.63, 3.8) is 0 Å². The van der Waals surface area contributed by atoms with E-state index < -0.39 is 0 Å². The Labute approximate surface area is 193 Å². The summed E-state index contributed by atoms with van der Waals surface area (Å²) in [7, 11) is 2.08. The molecule has 1 atom stereocenters. The Morgan fingerprint density at radius 3 is 2.45 bits per heavy atom. The normalized spacial score (nSPS) is 12.5. The van der Waals surface area contributed by atoms with Gasteiger partial charge in [-0.05, 0) is 61.9 Å². The molecule has 0 amide bonds. The molecule has 5 aromatic rings. The van der Waals surface area contributed by atoms with Gasteiger partial charge in [0.15, 0.2) is 0 Å².